The fourth-order valence-electron chi connectivity index (χ4n) is 3.28. The first-order valence-electron chi connectivity index (χ1n) is 10.2. The molecule has 31 heavy (non-hydrogen) atoms. The zero-order valence-electron chi connectivity index (χ0n) is 18.3. The fraction of sp³-hybridized carbons (Fsp3) is 0.455. The number of thioether (sulfide) groups is 1. The summed E-state index contributed by atoms with van der Waals surface area (Å²) in [5.74, 6) is -1.05. The van der Waals surface area contributed by atoms with Gasteiger partial charge in [0, 0.05) is 37.5 Å². The van der Waals surface area contributed by atoms with E-state index in [0.29, 0.717) is 12.8 Å². The summed E-state index contributed by atoms with van der Waals surface area (Å²) in [7, 11) is 1.52. The van der Waals surface area contributed by atoms with Gasteiger partial charge in [0.2, 0.25) is 17.7 Å². The minimum atomic E-state index is -0.796. The monoisotopic (exact) mass is 446 g/mol. The molecule has 0 aliphatic carbocycles. The van der Waals surface area contributed by atoms with E-state index in [1.807, 2.05) is 44.3 Å². The summed E-state index contributed by atoms with van der Waals surface area (Å²) in [6.45, 7) is 5.27. The highest BCUT2D eigenvalue weighted by Crippen LogP contribution is 2.19. The highest BCUT2D eigenvalue weighted by atomic mass is 32.2. The van der Waals surface area contributed by atoms with Crippen LogP contribution in [-0.4, -0.2) is 52.7 Å². The summed E-state index contributed by atoms with van der Waals surface area (Å²) in [5, 5.41) is 8.89. The molecular formula is C22H30N4O4S. The number of carbonyl (C=O) groups excluding carboxylic acids is 4. The molecule has 168 valence electrons. The van der Waals surface area contributed by atoms with E-state index >= 15 is 0 Å². The molecular weight excluding hydrogens is 416 g/mol. The van der Waals surface area contributed by atoms with Gasteiger partial charge in [0.15, 0.2) is 5.12 Å². The number of hydrogen-bond acceptors (Lipinski definition) is 5. The molecule has 2 atom stereocenters. The number of hydrogen-bond donors (Lipinski definition) is 4. The Bertz CT molecular complexity index is 940. The second-order valence-corrected chi connectivity index (χ2v) is 8.92. The van der Waals surface area contributed by atoms with E-state index in [1.54, 1.807) is 0 Å². The maximum atomic E-state index is 13.0. The third-order valence-electron chi connectivity index (χ3n) is 4.74. The van der Waals surface area contributed by atoms with Crippen LogP contribution in [0.3, 0.4) is 0 Å². The molecule has 0 saturated heterocycles. The highest BCUT2D eigenvalue weighted by Gasteiger charge is 2.27. The number of benzene rings is 1. The van der Waals surface area contributed by atoms with Crippen molar-refractivity contribution in [3.8, 4) is 0 Å². The molecule has 0 aliphatic rings. The first-order valence-corrected chi connectivity index (χ1v) is 11.2. The molecule has 3 amide bonds. The Hall–Kier alpha value is -2.81. The van der Waals surface area contributed by atoms with Crippen molar-refractivity contribution in [2.75, 3.05) is 12.8 Å². The lowest BCUT2D eigenvalue weighted by molar-refractivity contribution is -0.131. The van der Waals surface area contributed by atoms with Crippen LogP contribution in [0.25, 0.3) is 10.9 Å². The van der Waals surface area contributed by atoms with Gasteiger partial charge in [-0.2, -0.15) is 0 Å². The van der Waals surface area contributed by atoms with Crippen LogP contribution in [0.2, 0.25) is 0 Å². The van der Waals surface area contributed by atoms with Gasteiger partial charge >= 0.3 is 0 Å². The zero-order chi connectivity index (χ0) is 23.0. The fourth-order valence-corrected chi connectivity index (χ4v) is 3.70. The molecule has 0 aliphatic heterocycles. The summed E-state index contributed by atoms with van der Waals surface area (Å²) < 4.78 is 0. The Balaban J connectivity index is 2.14. The van der Waals surface area contributed by atoms with Crippen molar-refractivity contribution in [2.45, 2.75) is 45.7 Å². The molecule has 9 heteroatoms. The van der Waals surface area contributed by atoms with Gasteiger partial charge < -0.3 is 20.9 Å². The van der Waals surface area contributed by atoms with Gasteiger partial charge in [0.1, 0.15) is 12.1 Å². The summed E-state index contributed by atoms with van der Waals surface area (Å²) in [6.07, 6.45) is 2.55. The van der Waals surface area contributed by atoms with Crippen molar-refractivity contribution < 1.29 is 19.2 Å². The van der Waals surface area contributed by atoms with Gasteiger partial charge in [-0.15, -0.1) is 0 Å². The first kappa shape index (κ1) is 24.5. The number of fused-ring (bicyclic) bond motifs is 1. The average molecular weight is 447 g/mol. The molecule has 2 aromatic rings. The van der Waals surface area contributed by atoms with Gasteiger partial charge in [-0.05, 0) is 24.0 Å². The minimum Gasteiger partial charge on any atom is -0.361 e. The molecule has 8 nitrogen and oxygen atoms in total. The molecule has 0 bridgehead atoms. The van der Waals surface area contributed by atoms with E-state index in [2.05, 4.69) is 20.9 Å². The van der Waals surface area contributed by atoms with Gasteiger partial charge in [0.05, 0.1) is 5.75 Å². The number of amides is 3. The van der Waals surface area contributed by atoms with Crippen LogP contribution < -0.4 is 16.0 Å². The summed E-state index contributed by atoms with van der Waals surface area (Å²) in [5.41, 5.74) is 1.86. The van der Waals surface area contributed by atoms with Crippen molar-refractivity contribution in [2.24, 2.45) is 5.92 Å². The molecule has 0 fully saturated rings. The van der Waals surface area contributed by atoms with Gasteiger partial charge in [0.25, 0.3) is 0 Å². The quantitative estimate of drug-likeness (QED) is 0.443. The number of aromatic amines is 1. The van der Waals surface area contributed by atoms with E-state index in [4.69, 9.17) is 0 Å². The molecule has 0 radical (unpaired) electrons. The van der Waals surface area contributed by atoms with E-state index in [0.717, 1.165) is 28.2 Å². The molecule has 0 unspecified atom stereocenters. The van der Waals surface area contributed by atoms with E-state index in [1.165, 1.54) is 14.0 Å². The normalized spacial score (nSPS) is 12.9. The second kappa shape index (κ2) is 11.5. The Morgan fingerprint density at radius 3 is 2.39 bits per heavy atom. The van der Waals surface area contributed by atoms with Crippen LogP contribution in [0, 0.1) is 5.92 Å². The second-order valence-electron chi connectivity index (χ2n) is 7.77. The van der Waals surface area contributed by atoms with E-state index < -0.39 is 23.9 Å². The highest BCUT2D eigenvalue weighted by molar-refractivity contribution is 8.14. The smallest absolute Gasteiger partial charge is 0.243 e. The first-order chi connectivity index (χ1) is 14.7. The van der Waals surface area contributed by atoms with Crippen LogP contribution in [0.5, 0.6) is 0 Å². The molecule has 2 rings (SSSR count). The number of carbonyl (C=O) groups is 4. The molecule has 1 aromatic carbocycles. The molecule has 1 heterocycles. The van der Waals surface area contributed by atoms with Crippen LogP contribution >= 0.6 is 11.8 Å². The molecule has 1 aromatic heterocycles. The maximum absolute atomic E-state index is 13.0. The van der Waals surface area contributed by atoms with Crippen molar-refractivity contribution in [3.63, 3.8) is 0 Å². The molecule has 4 N–H and O–H groups in total. The van der Waals surface area contributed by atoms with Crippen molar-refractivity contribution in [1.29, 1.82) is 0 Å². The number of aromatic nitrogens is 1. The van der Waals surface area contributed by atoms with Gasteiger partial charge in [-0.25, -0.2) is 0 Å². The summed E-state index contributed by atoms with van der Waals surface area (Å²) >= 11 is 0.888. The number of rotatable bonds is 10. The Kier molecular flexibility index (Phi) is 9.11. The van der Waals surface area contributed by atoms with E-state index in [-0.39, 0.29) is 22.7 Å². The van der Waals surface area contributed by atoms with Crippen LogP contribution in [0.15, 0.2) is 30.5 Å². The van der Waals surface area contributed by atoms with Crippen LogP contribution in [0.4, 0.5) is 0 Å². The topological polar surface area (TPSA) is 120 Å². The SMILES string of the molecule is CNC(=O)[C@H](Cc1c[nH]c2ccccc12)NC(=O)[C@H](CC(C)C)NC(=O)CSC(C)=O. The van der Waals surface area contributed by atoms with Crippen molar-refractivity contribution in [3.05, 3.63) is 36.0 Å². The van der Waals surface area contributed by atoms with Gasteiger partial charge in [-0.3, -0.25) is 19.2 Å². The standard InChI is InChI=1S/C22H30N4O4S/c1-13(2)9-18(25-20(28)12-31-14(3)27)22(30)26-19(21(29)23-4)10-15-11-24-17-8-6-5-7-16(15)17/h5-8,11,13,18-19,24H,9-10,12H2,1-4H3,(H,23,29)(H,25,28)(H,26,30)/t18-,19-/m0/s1. The Morgan fingerprint density at radius 2 is 1.74 bits per heavy atom. The maximum Gasteiger partial charge on any atom is 0.243 e. The van der Waals surface area contributed by atoms with Crippen LogP contribution in [0.1, 0.15) is 32.8 Å². The lowest BCUT2D eigenvalue weighted by atomic mass is 10.0. The lowest BCUT2D eigenvalue weighted by Crippen LogP contribution is -2.54. The average Bonchev–Trinajstić information content (AvgIpc) is 3.13. The number of nitrogens with one attached hydrogen (secondary N) is 4. The number of para-hydroxylation sites is 1. The lowest BCUT2D eigenvalue weighted by Gasteiger charge is -2.24. The third kappa shape index (κ3) is 7.43. The summed E-state index contributed by atoms with van der Waals surface area (Å²) in [4.78, 5) is 51.9. The molecule has 0 saturated carbocycles. The minimum absolute atomic E-state index is 0.0502. The predicted octanol–water partition coefficient (Wildman–Crippen LogP) is 1.75. The van der Waals surface area contributed by atoms with E-state index in [9.17, 15) is 19.2 Å². The predicted molar refractivity (Wildman–Crippen MR) is 123 cm³/mol. The number of likely N-dealkylation sites (N-methyl/N-ethyl adjacent to an activating group) is 1. The zero-order valence-corrected chi connectivity index (χ0v) is 19.1. The Labute approximate surface area is 186 Å². The van der Waals surface area contributed by atoms with Gasteiger partial charge in [-0.1, -0.05) is 43.8 Å². The summed E-state index contributed by atoms with van der Waals surface area (Å²) in [6, 6.07) is 6.15. The number of H-pyrrole nitrogens is 1. The molecule has 0 spiro atoms. The van der Waals surface area contributed by atoms with Crippen molar-refractivity contribution in [1.82, 2.24) is 20.9 Å². The van der Waals surface area contributed by atoms with Crippen LogP contribution in [-0.2, 0) is 25.6 Å². The largest absolute Gasteiger partial charge is 0.361 e. The Morgan fingerprint density at radius 1 is 1.03 bits per heavy atom. The third-order valence-corrected chi connectivity index (χ3v) is 5.56. The van der Waals surface area contributed by atoms with Crippen molar-refractivity contribution >= 4 is 45.5 Å².